The number of carbonyl (C=O) groups excluding carboxylic acids is 1. The van der Waals surface area contributed by atoms with Gasteiger partial charge in [0.1, 0.15) is 19.0 Å². The summed E-state index contributed by atoms with van der Waals surface area (Å²) in [6.07, 6.45) is 0. The normalized spacial score (nSPS) is 14.7. The molecule has 2 aromatic rings. The van der Waals surface area contributed by atoms with Crippen LogP contribution in [0.25, 0.3) is 11.1 Å². The maximum absolute atomic E-state index is 10.1. The van der Waals surface area contributed by atoms with Gasteiger partial charge in [0.15, 0.2) is 0 Å². The van der Waals surface area contributed by atoms with E-state index in [-0.39, 0.29) is 25.3 Å². The predicted molar refractivity (Wildman–Crippen MR) is 119 cm³/mol. The summed E-state index contributed by atoms with van der Waals surface area (Å²) in [6, 6.07) is 17.9. The number of halogens is 1. The third-order valence-corrected chi connectivity index (χ3v) is 3.54. The topological polar surface area (TPSA) is 81.5 Å². The van der Waals surface area contributed by atoms with Gasteiger partial charge in [0, 0.05) is 0 Å². The number of benzene rings is 2. The fourth-order valence-corrected chi connectivity index (χ4v) is 2.37. The van der Waals surface area contributed by atoms with Crippen LogP contribution in [0.3, 0.4) is 0 Å². The van der Waals surface area contributed by atoms with Crippen molar-refractivity contribution in [2.45, 2.75) is 19.5 Å². The zero-order chi connectivity index (χ0) is 21.8. The maximum Gasteiger partial charge on any atom is 0.301 e. The monoisotopic (exact) mass is 429 g/mol. The van der Waals surface area contributed by atoms with Gasteiger partial charge in [-0.1, -0.05) is 59.6 Å². The van der Waals surface area contributed by atoms with Gasteiger partial charge in [-0.05, 0) is 37.1 Å². The summed E-state index contributed by atoms with van der Waals surface area (Å²) < 4.78 is 15.5. The molecule has 0 saturated heterocycles. The van der Waals surface area contributed by atoms with E-state index in [4.69, 9.17) is 21.1 Å². The van der Waals surface area contributed by atoms with Crippen molar-refractivity contribution in [2.75, 3.05) is 13.2 Å². The zero-order valence-corrected chi connectivity index (χ0v) is 17.6. The largest absolute Gasteiger partial charge is 0.464 e. The fourth-order valence-electron chi connectivity index (χ4n) is 2.20. The van der Waals surface area contributed by atoms with Crippen LogP contribution < -0.4 is 10.1 Å². The van der Waals surface area contributed by atoms with Gasteiger partial charge in [-0.2, -0.15) is 9.98 Å². The number of rotatable bonds is 6. The van der Waals surface area contributed by atoms with E-state index in [0.29, 0.717) is 12.2 Å². The van der Waals surface area contributed by atoms with Crippen molar-refractivity contribution in [1.29, 1.82) is 0 Å². The Kier molecular flexibility index (Phi) is 9.40. The van der Waals surface area contributed by atoms with Crippen molar-refractivity contribution >= 4 is 30.1 Å². The zero-order valence-electron chi connectivity index (χ0n) is 16.9. The van der Waals surface area contributed by atoms with Crippen LogP contribution in [0.15, 0.2) is 76.7 Å². The molecular formula is C22H24ClN3O4. The molecule has 0 fully saturated rings. The number of nitrogens with zero attached hydrogens (tertiary/aromatic N) is 2. The lowest BCUT2D eigenvalue weighted by molar-refractivity contribution is -0.129. The van der Waals surface area contributed by atoms with Crippen molar-refractivity contribution in [3.05, 3.63) is 66.7 Å². The number of nitrogens with one attached hydrogen (secondary N) is 1. The first kappa shape index (κ1) is 23.0. The fraction of sp³-hybridized carbons (Fsp3) is 0.227. The van der Waals surface area contributed by atoms with Gasteiger partial charge in [-0.15, -0.1) is 6.58 Å². The molecule has 1 N–H and O–H groups in total. The summed E-state index contributed by atoms with van der Waals surface area (Å²) in [5.74, 6) is 0.588. The molecule has 1 atom stereocenters. The summed E-state index contributed by atoms with van der Waals surface area (Å²) in [5, 5.41) is 2.78. The van der Waals surface area contributed by atoms with Crippen molar-refractivity contribution in [3.63, 3.8) is 0 Å². The highest BCUT2D eigenvalue weighted by Crippen LogP contribution is 2.22. The van der Waals surface area contributed by atoms with Gasteiger partial charge < -0.3 is 14.2 Å². The molecule has 1 aliphatic rings. The van der Waals surface area contributed by atoms with Gasteiger partial charge in [0.2, 0.25) is 5.62 Å². The van der Waals surface area contributed by atoms with E-state index in [1.807, 2.05) is 68.4 Å². The number of amidine groups is 2. The highest BCUT2D eigenvalue weighted by atomic mass is 35.5. The van der Waals surface area contributed by atoms with E-state index in [9.17, 15) is 4.79 Å². The molecule has 0 bridgehead atoms. The van der Waals surface area contributed by atoms with Crippen LogP contribution in [0.4, 0.5) is 0 Å². The van der Waals surface area contributed by atoms with Crippen LogP contribution in [-0.2, 0) is 14.3 Å². The standard InChI is InChI=1S/C18H16ClN3O4.C4H8/c19-16-20-17(25-11-10-24-12-23)22-18(21-16)26-15-8-6-14(7-9-15)13-4-2-1-3-5-13;1-4(2)3/h1-9,12,16H,10-11H2,(H,20,21,22);1H2,2-3H3. The van der Waals surface area contributed by atoms with E-state index in [0.717, 1.165) is 11.1 Å². The Morgan fingerprint density at radius 2 is 1.63 bits per heavy atom. The Morgan fingerprint density at radius 1 is 1.03 bits per heavy atom. The van der Waals surface area contributed by atoms with Crippen LogP contribution in [0.5, 0.6) is 5.75 Å². The smallest absolute Gasteiger partial charge is 0.301 e. The number of aliphatic imine (C=N–C) groups is 2. The van der Waals surface area contributed by atoms with Crippen LogP contribution in [-0.4, -0.2) is 37.4 Å². The third-order valence-electron chi connectivity index (χ3n) is 3.35. The predicted octanol–water partition coefficient (Wildman–Crippen LogP) is 4.34. The molecule has 0 aromatic heterocycles. The van der Waals surface area contributed by atoms with Crippen molar-refractivity contribution in [1.82, 2.24) is 5.32 Å². The molecular weight excluding hydrogens is 406 g/mol. The minimum atomic E-state index is -0.864. The summed E-state index contributed by atoms with van der Waals surface area (Å²) in [5.41, 5.74) is 2.50. The molecule has 0 aliphatic carbocycles. The van der Waals surface area contributed by atoms with E-state index in [2.05, 4.69) is 26.6 Å². The molecule has 30 heavy (non-hydrogen) atoms. The van der Waals surface area contributed by atoms with Gasteiger partial charge in [0.25, 0.3) is 12.5 Å². The average Bonchev–Trinajstić information content (AvgIpc) is 2.72. The van der Waals surface area contributed by atoms with E-state index < -0.39 is 5.62 Å². The minimum absolute atomic E-state index is 0.103. The highest BCUT2D eigenvalue weighted by molar-refractivity contribution is 6.22. The maximum atomic E-state index is 10.1. The molecule has 8 heteroatoms. The number of hydrogen-bond donors (Lipinski definition) is 1. The number of allylic oxidation sites excluding steroid dienone is 1. The second-order valence-electron chi connectivity index (χ2n) is 6.32. The first-order valence-electron chi connectivity index (χ1n) is 9.18. The van der Waals surface area contributed by atoms with Crippen LogP contribution >= 0.6 is 11.6 Å². The SMILES string of the molecule is C=C(C)C.O=COCCOC1=NC(Cl)N=C(Oc2ccc(-c3ccccc3)cc2)N1. The molecule has 158 valence electrons. The summed E-state index contributed by atoms with van der Waals surface area (Å²) in [6.45, 7) is 8.08. The third kappa shape index (κ3) is 8.36. The van der Waals surface area contributed by atoms with Crippen molar-refractivity contribution in [2.24, 2.45) is 9.98 Å². The molecule has 0 amide bonds. The Bertz CT molecular complexity index is 879. The molecule has 0 spiro atoms. The number of carbonyl (C=O) groups is 1. The lowest BCUT2D eigenvalue weighted by Gasteiger charge is -2.18. The van der Waals surface area contributed by atoms with Gasteiger partial charge in [-0.25, -0.2) is 0 Å². The molecule has 1 heterocycles. The van der Waals surface area contributed by atoms with Crippen LogP contribution in [0.2, 0.25) is 0 Å². The number of alkyl halides is 1. The second-order valence-corrected chi connectivity index (χ2v) is 6.71. The quantitative estimate of drug-likeness (QED) is 0.243. The van der Waals surface area contributed by atoms with Crippen LogP contribution in [0, 0.1) is 0 Å². The summed E-state index contributed by atoms with van der Waals surface area (Å²) in [7, 11) is 0. The molecule has 3 rings (SSSR count). The summed E-state index contributed by atoms with van der Waals surface area (Å²) >= 11 is 5.96. The molecule has 2 aromatic carbocycles. The Hall–Kier alpha value is -3.32. The highest BCUT2D eigenvalue weighted by Gasteiger charge is 2.17. The Labute approximate surface area is 181 Å². The lowest BCUT2D eigenvalue weighted by atomic mass is 10.1. The van der Waals surface area contributed by atoms with E-state index in [1.54, 1.807) is 0 Å². The Morgan fingerprint density at radius 3 is 2.27 bits per heavy atom. The molecule has 7 nitrogen and oxygen atoms in total. The van der Waals surface area contributed by atoms with E-state index >= 15 is 0 Å². The minimum Gasteiger partial charge on any atom is -0.464 e. The van der Waals surface area contributed by atoms with Crippen molar-refractivity contribution < 1.29 is 19.0 Å². The first-order chi connectivity index (χ1) is 14.5. The Balaban J connectivity index is 0.000000735. The molecule has 1 aliphatic heterocycles. The number of hydrogen-bond acceptors (Lipinski definition) is 7. The van der Waals surface area contributed by atoms with Gasteiger partial charge in [-0.3, -0.25) is 10.1 Å². The molecule has 0 saturated carbocycles. The molecule has 1 unspecified atom stereocenters. The number of ether oxygens (including phenoxy) is 3. The first-order valence-corrected chi connectivity index (χ1v) is 9.61. The van der Waals surface area contributed by atoms with Gasteiger partial charge >= 0.3 is 6.02 Å². The van der Waals surface area contributed by atoms with E-state index in [1.165, 1.54) is 5.57 Å². The average molecular weight is 430 g/mol. The summed E-state index contributed by atoms with van der Waals surface area (Å²) in [4.78, 5) is 18.1. The van der Waals surface area contributed by atoms with Crippen molar-refractivity contribution in [3.8, 4) is 16.9 Å². The van der Waals surface area contributed by atoms with Gasteiger partial charge in [0.05, 0.1) is 0 Å². The lowest BCUT2D eigenvalue weighted by Crippen LogP contribution is -2.40. The molecule has 0 radical (unpaired) electrons. The van der Waals surface area contributed by atoms with Crippen LogP contribution in [0.1, 0.15) is 13.8 Å². The second kappa shape index (κ2) is 12.3.